The van der Waals surface area contributed by atoms with Crippen LogP contribution in [0.4, 0.5) is 5.69 Å². The normalized spacial score (nSPS) is 10.8. The summed E-state index contributed by atoms with van der Waals surface area (Å²) in [6, 6.07) is 16.9. The number of aromatic nitrogens is 1. The van der Waals surface area contributed by atoms with Crippen LogP contribution in [0.5, 0.6) is 0 Å². The molecule has 1 N–H and O–H groups in total. The van der Waals surface area contributed by atoms with E-state index in [1.807, 2.05) is 6.92 Å². The number of benzene rings is 2. The summed E-state index contributed by atoms with van der Waals surface area (Å²) in [6.07, 6.45) is 0. The van der Waals surface area contributed by atoms with Gasteiger partial charge in [0.1, 0.15) is 0 Å². The third-order valence-corrected chi connectivity index (χ3v) is 4.44. The molecule has 0 saturated heterocycles. The monoisotopic (exact) mass is 340 g/mol. The maximum Gasteiger partial charge on any atom is 0.0705 e. The number of hydrogen-bond acceptors (Lipinski definition) is 2. The number of halogens is 1. The highest BCUT2D eigenvalue weighted by molar-refractivity contribution is 9.10. The Labute approximate surface area is 133 Å². The zero-order valence-electron chi connectivity index (χ0n) is 12.2. The summed E-state index contributed by atoms with van der Waals surface area (Å²) in [6.45, 7) is 4.93. The second-order valence-electron chi connectivity index (χ2n) is 5.30. The average molecular weight is 341 g/mol. The fraction of sp³-hybridized carbons (Fsp3) is 0.167. The number of pyridine rings is 1. The van der Waals surface area contributed by atoms with Gasteiger partial charge in [-0.2, -0.15) is 0 Å². The Morgan fingerprint density at radius 2 is 1.86 bits per heavy atom. The van der Waals surface area contributed by atoms with Crippen LogP contribution in [0, 0.1) is 13.8 Å². The lowest BCUT2D eigenvalue weighted by Crippen LogP contribution is -1.99. The molecule has 106 valence electrons. The highest BCUT2D eigenvalue weighted by Crippen LogP contribution is 2.21. The van der Waals surface area contributed by atoms with Crippen molar-refractivity contribution < 1.29 is 0 Å². The average Bonchev–Trinajstić information content (AvgIpc) is 2.48. The van der Waals surface area contributed by atoms with Crippen molar-refractivity contribution in [1.29, 1.82) is 0 Å². The Balaban J connectivity index is 1.78. The van der Waals surface area contributed by atoms with E-state index in [1.165, 1.54) is 16.5 Å². The minimum absolute atomic E-state index is 0.810. The van der Waals surface area contributed by atoms with Gasteiger partial charge in [0, 0.05) is 27.8 Å². The predicted octanol–water partition coefficient (Wildman–Crippen LogP) is 5.23. The van der Waals surface area contributed by atoms with Crippen LogP contribution >= 0.6 is 15.9 Å². The largest absolute Gasteiger partial charge is 0.381 e. The third-order valence-electron chi connectivity index (χ3n) is 3.55. The Morgan fingerprint density at radius 1 is 1.00 bits per heavy atom. The van der Waals surface area contributed by atoms with E-state index in [2.05, 4.69) is 81.7 Å². The lowest BCUT2D eigenvalue weighted by atomic mass is 10.1. The summed E-state index contributed by atoms with van der Waals surface area (Å²) in [5, 5.41) is 4.65. The summed E-state index contributed by atoms with van der Waals surface area (Å²) in [7, 11) is 0. The first kappa shape index (κ1) is 14.1. The van der Waals surface area contributed by atoms with Crippen LogP contribution in [0.15, 0.2) is 53.0 Å². The molecule has 0 fully saturated rings. The van der Waals surface area contributed by atoms with Crippen molar-refractivity contribution in [2.45, 2.75) is 20.4 Å². The van der Waals surface area contributed by atoms with Crippen LogP contribution < -0.4 is 5.32 Å². The predicted molar refractivity (Wildman–Crippen MR) is 92.7 cm³/mol. The topological polar surface area (TPSA) is 24.9 Å². The van der Waals surface area contributed by atoms with Gasteiger partial charge in [0.15, 0.2) is 0 Å². The van der Waals surface area contributed by atoms with Crippen LogP contribution in [0.2, 0.25) is 0 Å². The first-order chi connectivity index (χ1) is 10.1. The molecule has 0 spiro atoms. The molecule has 0 aliphatic rings. The van der Waals surface area contributed by atoms with E-state index in [0.717, 1.165) is 27.9 Å². The van der Waals surface area contributed by atoms with E-state index < -0.39 is 0 Å². The van der Waals surface area contributed by atoms with Crippen molar-refractivity contribution in [1.82, 2.24) is 4.98 Å². The maximum absolute atomic E-state index is 4.53. The van der Waals surface area contributed by atoms with Crippen molar-refractivity contribution in [2.24, 2.45) is 0 Å². The fourth-order valence-corrected chi connectivity index (χ4v) is 2.59. The van der Waals surface area contributed by atoms with Crippen LogP contribution in [-0.2, 0) is 6.54 Å². The molecule has 1 heterocycles. The van der Waals surface area contributed by atoms with E-state index in [1.54, 1.807) is 0 Å². The van der Waals surface area contributed by atoms with Gasteiger partial charge < -0.3 is 5.32 Å². The Kier molecular flexibility index (Phi) is 3.93. The summed E-state index contributed by atoms with van der Waals surface area (Å²) in [5.41, 5.74) is 5.74. The zero-order valence-corrected chi connectivity index (χ0v) is 13.7. The molecule has 2 nitrogen and oxygen atoms in total. The van der Waals surface area contributed by atoms with E-state index >= 15 is 0 Å². The SMILES string of the molecule is Cc1ccc2cc(CNc3ccc(Br)c(C)c3)ccc2n1. The van der Waals surface area contributed by atoms with Crippen LogP contribution in [-0.4, -0.2) is 4.98 Å². The summed E-state index contributed by atoms with van der Waals surface area (Å²) in [4.78, 5) is 4.53. The van der Waals surface area contributed by atoms with Gasteiger partial charge in [-0.1, -0.05) is 28.1 Å². The van der Waals surface area contributed by atoms with Crippen molar-refractivity contribution in [3.8, 4) is 0 Å². The fourth-order valence-electron chi connectivity index (χ4n) is 2.35. The number of nitrogens with one attached hydrogen (secondary N) is 1. The highest BCUT2D eigenvalue weighted by Gasteiger charge is 2.00. The number of anilines is 1. The molecule has 0 aliphatic carbocycles. The molecule has 0 atom stereocenters. The molecule has 0 radical (unpaired) electrons. The minimum Gasteiger partial charge on any atom is -0.381 e. The van der Waals surface area contributed by atoms with Crippen LogP contribution in [0.25, 0.3) is 10.9 Å². The number of fused-ring (bicyclic) bond motifs is 1. The lowest BCUT2D eigenvalue weighted by molar-refractivity contribution is 1.15. The second-order valence-corrected chi connectivity index (χ2v) is 6.15. The molecule has 0 amide bonds. The number of rotatable bonds is 3. The van der Waals surface area contributed by atoms with E-state index in [0.29, 0.717) is 0 Å². The van der Waals surface area contributed by atoms with Gasteiger partial charge in [0.2, 0.25) is 0 Å². The molecular weight excluding hydrogens is 324 g/mol. The van der Waals surface area contributed by atoms with Crippen molar-refractivity contribution in [2.75, 3.05) is 5.32 Å². The summed E-state index contributed by atoms with van der Waals surface area (Å²) < 4.78 is 1.14. The lowest BCUT2D eigenvalue weighted by Gasteiger charge is -2.09. The molecule has 0 unspecified atom stereocenters. The van der Waals surface area contributed by atoms with E-state index in [-0.39, 0.29) is 0 Å². The number of aryl methyl sites for hydroxylation is 2. The summed E-state index contributed by atoms with van der Waals surface area (Å²) >= 11 is 3.52. The second kappa shape index (κ2) is 5.86. The first-order valence-corrected chi connectivity index (χ1v) is 7.77. The first-order valence-electron chi connectivity index (χ1n) is 6.98. The standard InChI is InChI=1S/C18H17BrN2/c1-12-9-16(6-7-17(12)19)20-11-14-4-8-18-15(10-14)5-3-13(2)21-18/h3-10,20H,11H2,1-2H3. The highest BCUT2D eigenvalue weighted by atomic mass is 79.9. The molecule has 0 saturated carbocycles. The van der Waals surface area contributed by atoms with Crippen molar-refractivity contribution in [3.05, 3.63) is 69.8 Å². The molecule has 3 aromatic rings. The van der Waals surface area contributed by atoms with Crippen LogP contribution in [0.3, 0.4) is 0 Å². The maximum atomic E-state index is 4.53. The summed E-state index contributed by atoms with van der Waals surface area (Å²) in [5.74, 6) is 0. The molecular formula is C18H17BrN2. The number of hydrogen-bond donors (Lipinski definition) is 1. The van der Waals surface area contributed by atoms with Gasteiger partial charge in [-0.3, -0.25) is 4.98 Å². The smallest absolute Gasteiger partial charge is 0.0705 e. The van der Waals surface area contributed by atoms with Gasteiger partial charge in [-0.05, 0) is 61.4 Å². The van der Waals surface area contributed by atoms with Crippen molar-refractivity contribution in [3.63, 3.8) is 0 Å². The molecule has 0 aliphatic heterocycles. The van der Waals surface area contributed by atoms with Crippen molar-refractivity contribution >= 4 is 32.5 Å². The molecule has 2 aromatic carbocycles. The van der Waals surface area contributed by atoms with Gasteiger partial charge in [-0.15, -0.1) is 0 Å². The van der Waals surface area contributed by atoms with Crippen LogP contribution in [0.1, 0.15) is 16.8 Å². The van der Waals surface area contributed by atoms with Gasteiger partial charge in [-0.25, -0.2) is 0 Å². The molecule has 21 heavy (non-hydrogen) atoms. The number of nitrogens with zero attached hydrogens (tertiary/aromatic N) is 1. The Morgan fingerprint density at radius 3 is 2.67 bits per heavy atom. The van der Waals surface area contributed by atoms with E-state index in [4.69, 9.17) is 0 Å². The Hall–Kier alpha value is -1.87. The molecule has 0 bridgehead atoms. The van der Waals surface area contributed by atoms with Gasteiger partial charge in [0.05, 0.1) is 5.52 Å². The van der Waals surface area contributed by atoms with Gasteiger partial charge in [0.25, 0.3) is 0 Å². The molecule has 1 aromatic heterocycles. The van der Waals surface area contributed by atoms with E-state index in [9.17, 15) is 0 Å². The molecule has 3 heteroatoms. The third kappa shape index (κ3) is 3.24. The molecule has 3 rings (SSSR count). The van der Waals surface area contributed by atoms with Gasteiger partial charge >= 0.3 is 0 Å². The zero-order chi connectivity index (χ0) is 14.8. The quantitative estimate of drug-likeness (QED) is 0.706. The minimum atomic E-state index is 0.810. The Bertz CT molecular complexity index is 796.